The summed E-state index contributed by atoms with van der Waals surface area (Å²) in [5, 5.41) is 6.91. The van der Waals surface area contributed by atoms with E-state index < -0.39 is 23.2 Å². The van der Waals surface area contributed by atoms with E-state index in [1.807, 2.05) is 6.07 Å². The number of amides is 2. The molecule has 0 saturated carbocycles. The Morgan fingerprint density at radius 3 is 2.55 bits per heavy atom. The zero-order valence-corrected chi connectivity index (χ0v) is 24.7. The van der Waals surface area contributed by atoms with Crippen LogP contribution in [0, 0.1) is 5.82 Å². The van der Waals surface area contributed by atoms with Crippen LogP contribution in [-0.4, -0.2) is 43.0 Å². The number of halogens is 4. The average molecular weight is 647 g/mol. The maximum atomic E-state index is 16.3. The molecule has 3 atom stereocenters. The molecule has 3 aliphatic heterocycles. The lowest BCUT2D eigenvalue weighted by atomic mass is 9.59. The number of hydrogen-bond acceptors (Lipinski definition) is 4. The van der Waals surface area contributed by atoms with E-state index in [0.717, 1.165) is 25.9 Å². The van der Waals surface area contributed by atoms with E-state index in [1.165, 1.54) is 0 Å². The molecule has 3 aliphatic rings. The number of likely N-dealkylation sites (tertiary alicyclic amines) is 1. The number of carbonyl (C=O) groups excluding carboxylic acids is 2. The number of hydrogen-bond donors (Lipinski definition) is 2. The molecule has 3 aromatic carbocycles. The molecular weight excluding hydrogens is 620 g/mol. The van der Waals surface area contributed by atoms with Gasteiger partial charge in [0, 0.05) is 41.2 Å². The van der Waals surface area contributed by atoms with Crippen LogP contribution in [0.1, 0.15) is 47.9 Å². The topological polar surface area (TPSA) is 70.7 Å². The van der Waals surface area contributed by atoms with Crippen molar-refractivity contribution in [3.05, 3.63) is 91.6 Å². The minimum Gasteiger partial charge on any atom is -0.490 e. The van der Waals surface area contributed by atoms with Crippen LogP contribution in [0.4, 0.5) is 10.1 Å². The fraction of sp³-hybridized carbons (Fsp3) is 0.333. The third-order valence-electron chi connectivity index (χ3n) is 8.34. The number of rotatable bonds is 4. The molecule has 3 aromatic rings. The van der Waals surface area contributed by atoms with Crippen LogP contribution in [0.3, 0.4) is 0 Å². The third kappa shape index (κ3) is 4.59. The monoisotopic (exact) mass is 645 g/mol. The van der Waals surface area contributed by atoms with Crippen molar-refractivity contribution in [3.63, 3.8) is 0 Å². The molecule has 6 rings (SSSR count). The lowest BCUT2D eigenvalue weighted by Gasteiger charge is -2.47. The average Bonchev–Trinajstić information content (AvgIpc) is 3.20. The molecule has 208 valence electrons. The van der Waals surface area contributed by atoms with Crippen LogP contribution in [0.15, 0.2) is 59.1 Å². The number of ether oxygens (including phenoxy) is 1. The molecular formula is C30H27BrCl2FN3O3. The Labute approximate surface area is 250 Å². The summed E-state index contributed by atoms with van der Waals surface area (Å²) in [6.07, 6.45) is 1.44. The molecule has 3 heterocycles. The Morgan fingerprint density at radius 2 is 1.80 bits per heavy atom. The van der Waals surface area contributed by atoms with Gasteiger partial charge in [0.15, 0.2) is 0 Å². The van der Waals surface area contributed by atoms with E-state index in [4.69, 9.17) is 27.9 Å². The van der Waals surface area contributed by atoms with E-state index in [-0.39, 0.29) is 34.4 Å². The quantitative estimate of drug-likeness (QED) is 0.335. The molecule has 0 bridgehead atoms. The molecule has 1 spiro atoms. The Morgan fingerprint density at radius 1 is 1.05 bits per heavy atom. The van der Waals surface area contributed by atoms with Gasteiger partial charge in [-0.3, -0.25) is 9.59 Å². The van der Waals surface area contributed by atoms with Crippen LogP contribution in [0.2, 0.25) is 10.0 Å². The number of anilines is 1. The van der Waals surface area contributed by atoms with Crippen molar-refractivity contribution in [2.45, 2.75) is 42.7 Å². The van der Waals surface area contributed by atoms with E-state index in [2.05, 4.69) is 38.5 Å². The van der Waals surface area contributed by atoms with Gasteiger partial charge in [0.2, 0.25) is 11.8 Å². The van der Waals surface area contributed by atoms with Crippen molar-refractivity contribution in [3.8, 4) is 5.75 Å². The van der Waals surface area contributed by atoms with Gasteiger partial charge >= 0.3 is 0 Å². The molecule has 0 radical (unpaired) electrons. The van der Waals surface area contributed by atoms with E-state index >= 15 is 4.39 Å². The molecule has 0 aromatic heterocycles. The normalized spacial score (nSPS) is 25.0. The lowest BCUT2D eigenvalue weighted by Crippen LogP contribution is -2.57. The third-order valence-corrected chi connectivity index (χ3v) is 9.43. The molecule has 0 aliphatic carbocycles. The summed E-state index contributed by atoms with van der Waals surface area (Å²) in [7, 11) is 2.06. The summed E-state index contributed by atoms with van der Waals surface area (Å²) in [6, 6.07) is 14.5. The predicted octanol–water partition coefficient (Wildman–Crippen LogP) is 6.60. The first-order chi connectivity index (χ1) is 19.2. The van der Waals surface area contributed by atoms with Gasteiger partial charge in [-0.1, -0.05) is 41.4 Å². The highest BCUT2D eigenvalue weighted by Crippen LogP contribution is 2.59. The van der Waals surface area contributed by atoms with Gasteiger partial charge in [-0.15, -0.1) is 0 Å². The Bertz CT molecular complexity index is 1510. The van der Waals surface area contributed by atoms with E-state index in [0.29, 0.717) is 32.6 Å². The zero-order chi connectivity index (χ0) is 28.2. The molecule has 40 heavy (non-hydrogen) atoms. The largest absolute Gasteiger partial charge is 0.490 e. The predicted molar refractivity (Wildman–Crippen MR) is 157 cm³/mol. The summed E-state index contributed by atoms with van der Waals surface area (Å²) in [4.78, 5) is 29.9. The highest BCUT2D eigenvalue weighted by molar-refractivity contribution is 9.10. The second-order valence-corrected chi connectivity index (χ2v) is 12.4. The highest BCUT2D eigenvalue weighted by Gasteiger charge is 2.62. The van der Waals surface area contributed by atoms with Crippen molar-refractivity contribution in [2.24, 2.45) is 0 Å². The number of piperidine rings is 2. The minimum atomic E-state index is -1.41. The van der Waals surface area contributed by atoms with Gasteiger partial charge < -0.3 is 20.3 Å². The van der Waals surface area contributed by atoms with Gasteiger partial charge in [-0.2, -0.15) is 0 Å². The summed E-state index contributed by atoms with van der Waals surface area (Å²) in [5.74, 6) is -1.59. The number of nitrogens with zero attached hydrogens (tertiary/aromatic N) is 1. The first kappa shape index (κ1) is 27.5. The van der Waals surface area contributed by atoms with Crippen molar-refractivity contribution in [1.29, 1.82) is 0 Å². The maximum absolute atomic E-state index is 16.3. The van der Waals surface area contributed by atoms with Crippen LogP contribution < -0.4 is 15.4 Å². The van der Waals surface area contributed by atoms with Crippen LogP contribution >= 0.6 is 39.1 Å². The van der Waals surface area contributed by atoms with Crippen LogP contribution in [0.5, 0.6) is 5.75 Å². The second kappa shape index (κ2) is 10.6. The summed E-state index contributed by atoms with van der Waals surface area (Å²) >= 11 is 16.0. The number of fused-ring (bicyclic) bond motifs is 2. The fourth-order valence-electron chi connectivity index (χ4n) is 6.45. The maximum Gasteiger partial charge on any atom is 0.238 e. The molecule has 2 saturated heterocycles. The van der Waals surface area contributed by atoms with E-state index in [1.54, 1.807) is 48.5 Å². The summed E-state index contributed by atoms with van der Waals surface area (Å²) in [5.41, 5.74) is 0.579. The van der Waals surface area contributed by atoms with Crippen molar-refractivity contribution in [1.82, 2.24) is 10.2 Å². The minimum absolute atomic E-state index is 0.00704. The van der Waals surface area contributed by atoms with Gasteiger partial charge in [0.1, 0.15) is 23.1 Å². The molecule has 6 nitrogen and oxygen atoms in total. The molecule has 2 fully saturated rings. The lowest BCUT2D eigenvalue weighted by molar-refractivity contribution is -0.131. The molecule has 10 heteroatoms. The van der Waals surface area contributed by atoms with Gasteiger partial charge in [-0.05, 0) is 83.3 Å². The Kier molecular flexibility index (Phi) is 7.32. The van der Waals surface area contributed by atoms with Crippen molar-refractivity contribution >= 4 is 56.6 Å². The number of carbonyl (C=O) groups is 2. The first-order valence-corrected chi connectivity index (χ1v) is 14.7. The first-order valence-electron chi connectivity index (χ1n) is 13.2. The molecule has 2 N–H and O–H groups in total. The van der Waals surface area contributed by atoms with Crippen molar-refractivity contribution < 1.29 is 18.7 Å². The summed E-state index contributed by atoms with van der Waals surface area (Å²) in [6.45, 7) is 1.72. The van der Waals surface area contributed by atoms with Crippen molar-refractivity contribution in [2.75, 3.05) is 25.5 Å². The molecule has 0 unspecified atom stereocenters. The fourth-order valence-corrected chi connectivity index (χ4v) is 7.17. The smallest absolute Gasteiger partial charge is 0.238 e. The molecule has 2 amide bonds. The second-order valence-electron chi connectivity index (χ2n) is 10.7. The van der Waals surface area contributed by atoms with Crippen LogP contribution in [-0.2, 0) is 15.0 Å². The number of nitrogens with one attached hydrogen (secondary N) is 2. The Hall–Kier alpha value is -2.65. The van der Waals surface area contributed by atoms with Crippen LogP contribution in [0.25, 0.3) is 0 Å². The standard InChI is InChI=1S/C30H27BrCl2FN3O3/c1-37-11-9-19(10-12-37)40-24-8-7-22(31)27(34)26(24)28-30(20-6-5-18(33)14-23(20)35-29(30)39)21(15-25(38)36-28)16-3-2-4-17(32)13-16/h2-8,13-14,19,21,28H,9-12,15H2,1H3,(H,35,39)(H,36,38)/t21-,28+,30-/m0/s1. The SMILES string of the molecule is CN1CCC(Oc2ccc(Br)c(F)c2[C@H]2NC(=O)C[C@@H](c3cccc(Cl)c3)[C@]23C(=O)Nc2cc(Cl)ccc23)CC1. The Balaban J connectivity index is 1.58. The van der Waals surface area contributed by atoms with Gasteiger partial charge in [0.25, 0.3) is 0 Å². The number of benzene rings is 3. The van der Waals surface area contributed by atoms with E-state index in [9.17, 15) is 9.59 Å². The highest BCUT2D eigenvalue weighted by atomic mass is 79.9. The van der Waals surface area contributed by atoms with Gasteiger partial charge in [0.05, 0.1) is 16.1 Å². The zero-order valence-electron chi connectivity index (χ0n) is 21.6. The van der Waals surface area contributed by atoms with Gasteiger partial charge in [-0.25, -0.2) is 4.39 Å². The summed E-state index contributed by atoms with van der Waals surface area (Å²) < 4.78 is 23.0.